The first-order chi connectivity index (χ1) is 1.41. The topological polar surface area (TPSA) is 0 Å². The summed E-state index contributed by atoms with van der Waals surface area (Å²) in [5.41, 5.74) is 0. The first-order valence-corrected chi connectivity index (χ1v) is 1.31. The molecule has 0 fully saturated rings. The van der Waals surface area contributed by atoms with Gasteiger partial charge >= 0.3 is 0 Å². The molecule has 0 saturated carbocycles. The average molecular weight is 276 g/mol. The Labute approximate surface area is 48.8 Å². The maximum absolute atomic E-state index is 4.64. The molecule has 0 amide bonds. The molecule has 1 radical (unpaired) electrons. The van der Waals surface area contributed by atoms with Crippen molar-refractivity contribution in [2.24, 2.45) is 0 Å². The Bertz CT molecular complexity index is 6.00. The SMILES string of the molecule is Cl[CH-]Cl.[Ir]. The van der Waals surface area contributed by atoms with Crippen LogP contribution in [0.15, 0.2) is 0 Å². The molecule has 0 spiro atoms. The van der Waals surface area contributed by atoms with Gasteiger partial charge < -0.3 is 23.2 Å². The number of halogens is 2. The maximum atomic E-state index is 4.64. The molecular weight excluding hydrogens is 275 g/mol. The Morgan fingerprint density at radius 3 is 1.25 bits per heavy atom. The summed E-state index contributed by atoms with van der Waals surface area (Å²) in [7, 11) is 0. The van der Waals surface area contributed by atoms with Crippen molar-refractivity contribution in [3.63, 3.8) is 0 Å². The quantitative estimate of drug-likeness (QED) is 0.589. The Kier molecular flexibility index (Phi) is 19.9. The van der Waals surface area contributed by atoms with E-state index in [9.17, 15) is 0 Å². The van der Waals surface area contributed by atoms with Gasteiger partial charge in [0.25, 0.3) is 0 Å². The molecule has 0 N–H and O–H groups in total. The second-order valence-electron chi connectivity index (χ2n) is 0.0825. The second kappa shape index (κ2) is 8.87. The van der Waals surface area contributed by atoms with Crippen molar-refractivity contribution in [1.29, 1.82) is 0 Å². The molecule has 0 heterocycles. The van der Waals surface area contributed by atoms with Crippen molar-refractivity contribution in [2.75, 3.05) is 0 Å². The summed E-state index contributed by atoms with van der Waals surface area (Å²) < 4.78 is 0. The van der Waals surface area contributed by atoms with Gasteiger partial charge in [0.05, 0.1) is 0 Å². The van der Waals surface area contributed by atoms with Gasteiger partial charge in [-0.25, -0.2) is 0 Å². The fourth-order valence-corrected chi connectivity index (χ4v) is 0. The van der Waals surface area contributed by atoms with E-state index in [-0.39, 0.29) is 20.1 Å². The van der Waals surface area contributed by atoms with Crippen molar-refractivity contribution in [2.45, 2.75) is 0 Å². The Balaban J connectivity index is 0. The zero-order valence-electron chi connectivity index (χ0n) is 1.67. The van der Waals surface area contributed by atoms with E-state index < -0.39 is 0 Å². The van der Waals surface area contributed by atoms with Gasteiger partial charge in [0, 0.05) is 20.1 Å². The molecule has 0 aromatic heterocycles. The molecule has 0 rings (SSSR count). The maximum Gasteiger partial charge on any atom is 0 e. The van der Waals surface area contributed by atoms with E-state index >= 15 is 0 Å². The molecule has 0 unspecified atom stereocenters. The molecule has 0 aromatic rings. The third-order valence-electron chi connectivity index (χ3n) is 0. The number of rotatable bonds is 0. The minimum atomic E-state index is 0. The summed E-state index contributed by atoms with van der Waals surface area (Å²) in [6, 6.07) is 0. The van der Waals surface area contributed by atoms with E-state index in [1.54, 1.807) is 0 Å². The smallest absolute Gasteiger partial charge is 0 e. The summed E-state index contributed by atoms with van der Waals surface area (Å²) in [5.74, 6) is 0. The minimum absolute atomic E-state index is 0. The van der Waals surface area contributed by atoms with Gasteiger partial charge in [-0.15, -0.1) is 0 Å². The zero-order chi connectivity index (χ0) is 2.71. The van der Waals surface area contributed by atoms with E-state index in [0.717, 1.165) is 5.34 Å². The molecule has 0 bridgehead atoms. The predicted molar refractivity (Wildman–Crippen MR) is 16.0 cm³/mol. The Morgan fingerprint density at radius 2 is 1.25 bits per heavy atom. The number of hydrogen-bond donors (Lipinski definition) is 0. The Hall–Kier alpha value is 1.23. The summed E-state index contributed by atoms with van der Waals surface area (Å²) in [5, 5.41) is 0.944. The van der Waals surface area contributed by atoms with Crippen LogP contribution < -0.4 is 0 Å². The van der Waals surface area contributed by atoms with E-state index in [2.05, 4.69) is 23.2 Å². The van der Waals surface area contributed by atoms with Crippen LogP contribution in [0.3, 0.4) is 0 Å². The minimum Gasteiger partial charge on any atom is -0.333 e. The normalized spacial score (nSPS) is 4.50. The number of hydrogen-bond acceptors (Lipinski definition) is 0. The summed E-state index contributed by atoms with van der Waals surface area (Å²) in [6.07, 6.45) is 0. The van der Waals surface area contributed by atoms with Gasteiger partial charge in [0.15, 0.2) is 0 Å². The molecule has 0 aliphatic rings. The first-order valence-electron chi connectivity index (χ1n) is 0.436. The zero-order valence-corrected chi connectivity index (χ0v) is 5.57. The standard InChI is InChI=1S/CHCl2.Ir/c2-1-3;/h1H;/q-1;. The van der Waals surface area contributed by atoms with E-state index in [0.29, 0.717) is 0 Å². The van der Waals surface area contributed by atoms with Crippen molar-refractivity contribution >= 4 is 23.2 Å². The van der Waals surface area contributed by atoms with Crippen molar-refractivity contribution < 1.29 is 20.1 Å². The van der Waals surface area contributed by atoms with Crippen LogP contribution in [0.25, 0.3) is 0 Å². The third-order valence-corrected chi connectivity index (χ3v) is 0. The van der Waals surface area contributed by atoms with Gasteiger partial charge in [0.2, 0.25) is 0 Å². The van der Waals surface area contributed by atoms with E-state index in [4.69, 9.17) is 0 Å². The molecule has 0 nitrogen and oxygen atoms in total. The molecular formula is CHCl2Ir-. The van der Waals surface area contributed by atoms with Gasteiger partial charge in [0.1, 0.15) is 0 Å². The fourth-order valence-electron chi connectivity index (χ4n) is 0. The van der Waals surface area contributed by atoms with Crippen LogP contribution in [-0.4, -0.2) is 0 Å². The first kappa shape index (κ1) is 8.97. The molecule has 4 heavy (non-hydrogen) atoms. The molecule has 29 valence electrons. The summed E-state index contributed by atoms with van der Waals surface area (Å²) in [6.45, 7) is 0. The van der Waals surface area contributed by atoms with Crippen LogP contribution in [0, 0.1) is 5.34 Å². The van der Waals surface area contributed by atoms with Crippen LogP contribution in [0.2, 0.25) is 0 Å². The predicted octanol–water partition coefficient (Wildman–Crippen LogP) is 1.58. The molecule has 0 aliphatic heterocycles. The summed E-state index contributed by atoms with van der Waals surface area (Å²) >= 11 is 9.28. The van der Waals surface area contributed by atoms with Crippen molar-refractivity contribution in [3.05, 3.63) is 5.34 Å². The van der Waals surface area contributed by atoms with Crippen LogP contribution in [0.4, 0.5) is 0 Å². The van der Waals surface area contributed by atoms with Gasteiger partial charge in [-0.3, -0.25) is 0 Å². The monoisotopic (exact) mass is 276 g/mol. The second-order valence-corrected chi connectivity index (χ2v) is 0.742. The Morgan fingerprint density at radius 1 is 1.25 bits per heavy atom. The van der Waals surface area contributed by atoms with Crippen molar-refractivity contribution in [1.82, 2.24) is 0 Å². The van der Waals surface area contributed by atoms with Gasteiger partial charge in [-0.05, 0) is 0 Å². The fraction of sp³-hybridized carbons (Fsp3) is 0. The van der Waals surface area contributed by atoms with Crippen LogP contribution in [0.5, 0.6) is 0 Å². The molecule has 0 aliphatic carbocycles. The molecule has 0 aromatic carbocycles. The largest absolute Gasteiger partial charge is 0.333 e. The third kappa shape index (κ3) is 10.6. The van der Waals surface area contributed by atoms with Crippen LogP contribution >= 0.6 is 23.2 Å². The van der Waals surface area contributed by atoms with E-state index in [1.165, 1.54) is 0 Å². The molecule has 0 saturated heterocycles. The average Bonchev–Trinajstić information content (AvgIpc) is 0.918. The van der Waals surface area contributed by atoms with Gasteiger partial charge in [-0.1, -0.05) is 0 Å². The molecule has 3 heteroatoms. The van der Waals surface area contributed by atoms with Gasteiger partial charge in [-0.2, -0.15) is 5.34 Å². The van der Waals surface area contributed by atoms with Crippen LogP contribution in [0.1, 0.15) is 0 Å². The summed E-state index contributed by atoms with van der Waals surface area (Å²) in [4.78, 5) is 0. The van der Waals surface area contributed by atoms with Crippen molar-refractivity contribution in [3.8, 4) is 0 Å². The van der Waals surface area contributed by atoms with E-state index in [1.807, 2.05) is 0 Å². The van der Waals surface area contributed by atoms with Crippen LogP contribution in [-0.2, 0) is 20.1 Å². The molecule has 0 atom stereocenters.